The van der Waals surface area contributed by atoms with E-state index in [2.05, 4.69) is 31.2 Å². The zero-order chi connectivity index (χ0) is 40.4. The molecular weight excluding hydrogens is 754 g/mol. The van der Waals surface area contributed by atoms with E-state index in [9.17, 15) is 29.8 Å². The van der Waals surface area contributed by atoms with E-state index >= 15 is 0 Å². The maximum absolute atomic E-state index is 12.0. The summed E-state index contributed by atoms with van der Waals surface area (Å²) in [6.07, 6.45) is 1.15. The highest BCUT2D eigenvalue weighted by Gasteiger charge is 2.35. The summed E-state index contributed by atoms with van der Waals surface area (Å²) in [6.45, 7) is 5.25. The second-order valence-corrected chi connectivity index (χ2v) is 12.6. The highest BCUT2D eigenvalue weighted by molar-refractivity contribution is 6.45. The Hall–Kier alpha value is -6.35. The molecule has 22 heteroatoms. The SMILES string of the molecule is C.C.CNc1ccc(Oc2ccnc(NC(=O)OC3CN(B(C)O)C3)c2)cc1N.CNc1ccc(Oc2ccnc(NC(=O)OC3CN(B(C)O)C3)c2)cc1[N+](=O)[O-].[HH]. The van der Waals surface area contributed by atoms with E-state index in [1.165, 1.54) is 24.5 Å². The van der Waals surface area contributed by atoms with E-state index in [1.54, 1.807) is 79.8 Å². The quantitative estimate of drug-likeness (QED) is 0.0379. The van der Waals surface area contributed by atoms with Crippen molar-refractivity contribution in [1.82, 2.24) is 19.6 Å². The second kappa shape index (κ2) is 21.3. The third kappa shape index (κ3) is 12.8. The lowest BCUT2D eigenvalue weighted by Gasteiger charge is -2.38. The van der Waals surface area contributed by atoms with Crippen LogP contribution in [0.1, 0.15) is 16.3 Å². The minimum absolute atomic E-state index is 0. The van der Waals surface area contributed by atoms with Crippen molar-refractivity contribution in [3.63, 3.8) is 0 Å². The molecule has 0 aliphatic carbocycles. The number of hydrogen-bond acceptors (Lipinski definition) is 17. The number of nitrogens with two attached hydrogens (primary N) is 1. The first-order valence-electron chi connectivity index (χ1n) is 17.4. The number of carbonyl (C=O) groups excluding carboxylic acids is 2. The van der Waals surface area contributed by atoms with Gasteiger partial charge in [-0.1, -0.05) is 14.9 Å². The molecule has 2 fully saturated rings. The Morgan fingerprint density at radius 3 is 1.57 bits per heavy atom. The van der Waals surface area contributed by atoms with E-state index < -0.39 is 31.2 Å². The summed E-state index contributed by atoms with van der Waals surface area (Å²) in [5.74, 6) is 2.19. The number of rotatable bonds is 13. The van der Waals surface area contributed by atoms with Crippen LogP contribution in [0.2, 0.25) is 13.6 Å². The standard InChI is InChI=1S/C17H20BN5O6.C17H22BN5O4.2CH4.H2/c1-18(25)22-9-13(10-22)29-17(24)21-16-8-12(5-6-20-16)28-11-3-4-14(19-2)15(7-11)23(26)27;1-18(25)23-9-13(10-23)27-17(24)22-16-8-12(5-6-21-16)26-11-3-4-15(20-2)14(19)7-11;;;/h3-8,13,19,25H,9-10H2,1-2H3,(H,20,21,24);3-8,13,20,25H,9-10,19H2,1-2H3,(H,21,22,24);2*1H4;1H. The van der Waals surface area contributed by atoms with Crippen LogP contribution in [0.5, 0.6) is 23.0 Å². The molecule has 0 saturated carbocycles. The summed E-state index contributed by atoms with van der Waals surface area (Å²) < 4.78 is 21.9. The average Bonchev–Trinajstić information content (AvgIpc) is 3.11. The van der Waals surface area contributed by atoms with Crippen molar-refractivity contribution >= 4 is 60.7 Å². The average molecular weight is 806 g/mol. The first-order valence-corrected chi connectivity index (χ1v) is 17.4. The first kappa shape index (κ1) is 46.0. The molecule has 4 aromatic rings. The Labute approximate surface area is 338 Å². The van der Waals surface area contributed by atoms with Crippen molar-refractivity contribution in [3.05, 3.63) is 83.2 Å². The summed E-state index contributed by atoms with van der Waals surface area (Å²) >= 11 is 0. The molecule has 0 unspecified atom stereocenters. The van der Waals surface area contributed by atoms with Crippen LogP contribution in [0, 0.1) is 10.1 Å². The van der Waals surface area contributed by atoms with Crippen molar-refractivity contribution in [2.24, 2.45) is 0 Å². The number of amides is 2. The van der Waals surface area contributed by atoms with Gasteiger partial charge in [-0.15, -0.1) is 0 Å². The summed E-state index contributed by atoms with van der Waals surface area (Å²) in [5, 5.41) is 40.8. The molecular formula is C36H52B2N10O10. The predicted molar refractivity (Wildman–Crippen MR) is 226 cm³/mol. The molecule has 2 aliphatic rings. The molecule has 6 rings (SSSR count). The van der Waals surface area contributed by atoms with E-state index in [0.29, 0.717) is 60.6 Å². The van der Waals surface area contributed by atoms with Gasteiger partial charge in [0.05, 0.1) is 22.4 Å². The second-order valence-electron chi connectivity index (χ2n) is 12.6. The summed E-state index contributed by atoms with van der Waals surface area (Å²) in [7, 11) is 2.26. The minimum atomic E-state index is -0.668. The number of nitrogens with zero attached hydrogens (tertiary/aromatic N) is 5. The Morgan fingerprint density at radius 1 is 0.759 bits per heavy atom. The van der Waals surface area contributed by atoms with Gasteiger partial charge in [0, 0.05) is 72.3 Å². The van der Waals surface area contributed by atoms with Gasteiger partial charge in [-0.2, -0.15) is 0 Å². The number of ether oxygens (including phenoxy) is 4. The number of pyridine rings is 2. The lowest BCUT2D eigenvalue weighted by molar-refractivity contribution is -0.384. The van der Waals surface area contributed by atoms with Crippen LogP contribution in [0.15, 0.2) is 73.1 Å². The van der Waals surface area contributed by atoms with Crippen LogP contribution >= 0.6 is 0 Å². The molecule has 58 heavy (non-hydrogen) atoms. The van der Waals surface area contributed by atoms with Crippen LogP contribution in [-0.4, -0.2) is 113 Å². The first-order chi connectivity index (χ1) is 26.8. The highest BCUT2D eigenvalue weighted by Crippen LogP contribution is 2.32. The molecule has 20 nitrogen and oxygen atoms in total. The van der Waals surface area contributed by atoms with Gasteiger partial charge in [0.1, 0.15) is 52.5 Å². The van der Waals surface area contributed by atoms with Crippen LogP contribution in [0.25, 0.3) is 0 Å². The van der Waals surface area contributed by atoms with E-state index in [4.69, 9.17) is 24.7 Å². The maximum atomic E-state index is 12.0. The molecule has 2 saturated heterocycles. The summed E-state index contributed by atoms with van der Waals surface area (Å²) in [5.41, 5.74) is 7.56. The van der Waals surface area contributed by atoms with E-state index in [1.807, 2.05) is 6.07 Å². The molecule has 312 valence electrons. The van der Waals surface area contributed by atoms with Gasteiger partial charge in [0.15, 0.2) is 0 Å². The lowest BCUT2D eigenvalue weighted by Crippen LogP contribution is -2.58. The van der Waals surface area contributed by atoms with Crippen molar-refractivity contribution < 1.29 is 44.9 Å². The van der Waals surface area contributed by atoms with Gasteiger partial charge in [-0.05, 0) is 50.0 Å². The zero-order valence-corrected chi connectivity index (χ0v) is 31.0. The van der Waals surface area contributed by atoms with Crippen molar-refractivity contribution in [3.8, 4) is 23.0 Å². The Kier molecular flexibility index (Phi) is 16.9. The molecule has 2 aromatic heterocycles. The third-order valence-corrected chi connectivity index (χ3v) is 8.48. The molecule has 0 spiro atoms. The fourth-order valence-electron chi connectivity index (χ4n) is 5.40. The van der Waals surface area contributed by atoms with E-state index in [0.717, 1.165) is 5.69 Å². The Bertz CT molecular complexity index is 2010. The smallest absolute Gasteiger partial charge is 0.413 e. The Balaban J connectivity index is 0.000000388. The lowest BCUT2D eigenvalue weighted by atomic mass is 9.81. The third-order valence-electron chi connectivity index (χ3n) is 8.48. The number of benzene rings is 2. The maximum Gasteiger partial charge on any atom is 0.413 e. The van der Waals surface area contributed by atoms with Crippen LogP contribution in [0.4, 0.5) is 44.0 Å². The van der Waals surface area contributed by atoms with Gasteiger partial charge in [-0.3, -0.25) is 20.7 Å². The minimum Gasteiger partial charge on any atom is -0.457 e. The summed E-state index contributed by atoms with van der Waals surface area (Å²) in [4.78, 5) is 46.2. The van der Waals surface area contributed by atoms with Crippen LogP contribution in [-0.2, 0) is 9.47 Å². The van der Waals surface area contributed by atoms with Crippen molar-refractivity contribution in [1.29, 1.82) is 0 Å². The molecule has 8 N–H and O–H groups in total. The highest BCUT2D eigenvalue weighted by atomic mass is 16.6. The van der Waals surface area contributed by atoms with Crippen LogP contribution in [0.3, 0.4) is 0 Å². The van der Waals surface area contributed by atoms with Gasteiger partial charge in [-0.25, -0.2) is 19.6 Å². The monoisotopic (exact) mass is 806 g/mol. The molecule has 0 radical (unpaired) electrons. The number of hydrogen-bond donors (Lipinski definition) is 7. The number of nitrogens with one attached hydrogen (secondary N) is 4. The van der Waals surface area contributed by atoms with Gasteiger partial charge in [0.2, 0.25) is 0 Å². The largest absolute Gasteiger partial charge is 0.457 e. The Morgan fingerprint density at radius 2 is 1.17 bits per heavy atom. The fraction of sp³-hybridized carbons (Fsp3) is 0.333. The molecule has 2 aliphatic heterocycles. The predicted octanol–water partition coefficient (Wildman–Crippen LogP) is 5.53. The number of nitro benzene ring substituents is 1. The normalized spacial score (nSPS) is 13.6. The number of aromatic nitrogens is 2. The number of carbonyl (C=O) groups is 2. The van der Waals surface area contributed by atoms with Gasteiger partial charge in [0.25, 0.3) is 5.69 Å². The van der Waals surface area contributed by atoms with Crippen molar-refractivity contribution in [2.45, 2.75) is 40.7 Å². The van der Waals surface area contributed by atoms with Crippen molar-refractivity contribution in [2.75, 3.05) is 67.3 Å². The zero-order valence-electron chi connectivity index (χ0n) is 31.0. The molecule has 0 bridgehead atoms. The van der Waals surface area contributed by atoms with Gasteiger partial charge < -0.3 is 55.0 Å². The topological polar surface area (TPSA) is 261 Å². The molecule has 4 heterocycles. The number of nitro groups is 1. The van der Waals surface area contributed by atoms with Gasteiger partial charge >= 0.3 is 26.3 Å². The summed E-state index contributed by atoms with van der Waals surface area (Å²) in [6, 6.07) is 16.0. The number of anilines is 5. The van der Waals surface area contributed by atoms with E-state index in [-0.39, 0.29) is 45.7 Å². The fourth-order valence-corrected chi connectivity index (χ4v) is 5.40. The molecule has 2 aromatic carbocycles. The van der Waals surface area contributed by atoms with Crippen LogP contribution < -0.4 is 36.5 Å². The molecule has 0 atom stereocenters. The molecule has 2 amide bonds. The number of nitrogen functional groups attached to an aromatic ring is 1.